The minimum absolute atomic E-state index is 0.151. The Morgan fingerprint density at radius 1 is 1.23 bits per heavy atom. The molecule has 0 amide bonds. The molecular formula is C20H21F4N5O2. The maximum absolute atomic E-state index is 14.1. The largest absolute Gasteiger partial charge is 0.573 e. The summed E-state index contributed by atoms with van der Waals surface area (Å²) in [6.07, 6.45) is -3.71. The summed E-state index contributed by atoms with van der Waals surface area (Å²) in [5.41, 5.74) is 1.07. The fourth-order valence-electron chi connectivity index (χ4n) is 3.82. The lowest BCUT2D eigenvalue weighted by Gasteiger charge is -2.34. The number of benzene rings is 1. The van der Waals surface area contributed by atoms with Gasteiger partial charge in [-0.2, -0.15) is 0 Å². The van der Waals surface area contributed by atoms with Crippen LogP contribution in [0.4, 0.5) is 23.5 Å². The van der Waals surface area contributed by atoms with Crippen molar-refractivity contribution in [3.8, 4) is 22.8 Å². The minimum Gasteiger partial charge on any atom is -0.507 e. The Balaban J connectivity index is 1.63. The molecular weight excluding hydrogens is 418 g/mol. The summed E-state index contributed by atoms with van der Waals surface area (Å²) in [7, 11) is 0. The van der Waals surface area contributed by atoms with E-state index in [0.717, 1.165) is 18.7 Å². The molecule has 3 heterocycles. The standard InChI is InChI=1S/C20H21F4N5O2/c1-2-28-10-12(21)8-13(11-28)25-19-27-26-18(16-4-3-7-29(16)19)15-6-5-14(9-17(15)30)31-20(22,23)24/h3-7,9,12-13,30H,2,8,10-11H2,1H3,(H,25,27)/t12-,13-/m1/s1. The van der Waals surface area contributed by atoms with Crippen LogP contribution in [0.15, 0.2) is 36.5 Å². The van der Waals surface area contributed by atoms with Crippen LogP contribution in [0.5, 0.6) is 11.5 Å². The lowest BCUT2D eigenvalue weighted by Crippen LogP contribution is -2.47. The molecule has 1 saturated heterocycles. The Morgan fingerprint density at radius 3 is 2.74 bits per heavy atom. The van der Waals surface area contributed by atoms with Crippen LogP contribution in [0.3, 0.4) is 0 Å². The van der Waals surface area contributed by atoms with Gasteiger partial charge in [0.15, 0.2) is 0 Å². The lowest BCUT2D eigenvalue weighted by atomic mass is 10.0. The highest BCUT2D eigenvalue weighted by Gasteiger charge is 2.31. The van der Waals surface area contributed by atoms with Crippen molar-refractivity contribution in [2.75, 3.05) is 25.0 Å². The van der Waals surface area contributed by atoms with Crippen LogP contribution in [0.2, 0.25) is 0 Å². The number of nitrogens with zero attached hydrogens (tertiary/aromatic N) is 4. The Kier molecular flexibility index (Phi) is 5.61. The molecule has 166 valence electrons. The molecule has 1 aliphatic rings. The van der Waals surface area contributed by atoms with Crippen LogP contribution in [-0.4, -0.2) is 62.8 Å². The SMILES string of the molecule is CCN1C[C@H](F)C[C@@H](Nc2nnc(-c3ccc(OC(F)(F)F)cc3O)c3cccn23)C1. The smallest absolute Gasteiger partial charge is 0.507 e. The van der Waals surface area contributed by atoms with Crippen molar-refractivity contribution in [3.05, 3.63) is 36.5 Å². The number of anilines is 1. The van der Waals surface area contributed by atoms with Gasteiger partial charge in [0.1, 0.15) is 23.4 Å². The molecule has 7 nitrogen and oxygen atoms in total. The summed E-state index contributed by atoms with van der Waals surface area (Å²) in [5.74, 6) is -0.550. The number of fused-ring (bicyclic) bond motifs is 1. The van der Waals surface area contributed by atoms with Crippen molar-refractivity contribution in [1.82, 2.24) is 19.5 Å². The average Bonchev–Trinajstić information content (AvgIpc) is 3.17. The summed E-state index contributed by atoms with van der Waals surface area (Å²) >= 11 is 0. The number of alkyl halides is 4. The number of likely N-dealkylation sites (tertiary alicyclic amines) is 1. The van der Waals surface area contributed by atoms with Crippen LogP contribution < -0.4 is 10.1 Å². The van der Waals surface area contributed by atoms with Gasteiger partial charge in [-0.1, -0.05) is 6.92 Å². The quantitative estimate of drug-likeness (QED) is 0.589. The zero-order valence-electron chi connectivity index (χ0n) is 16.6. The number of likely N-dealkylation sites (N-methyl/N-ethyl adjacent to an activating group) is 1. The topological polar surface area (TPSA) is 74.9 Å². The Labute approximate surface area is 175 Å². The molecule has 0 saturated carbocycles. The molecule has 0 aliphatic carbocycles. The van der Waals surface area contributed by atoms with E-state index in [9.17, 15) is 22.7 Å². The van der Waals surface area contributed by atoms with Crippen LogP contribution in [0.25, 0.3) is 16.8 Å². The maximum atomic E-state index is 14.1. The highest BCUT2D eigenvalue weighted by molar-refractivity contribution is 5.81. The molecule has 0 unspecified atom stereocenters. The first-order chi connectivity index (χ1) is 14.7. The lowest BCUT2D eigenvalue weighted by molar-refractivity contribution is -0.274. The first-order valence-corrected chi connectivity index (χ1v) is 9.79. The molecule has 0 radical (unpaired) electrons. The molecule has 1 fully saturated rings. The number of halogens is 4. The van der Waals surface area contributed by atoms with Crippen LogP contribution >= 0.6 is 0 Å². The molecule has 3 aromatic rings. The third-order valence-corrected chi connectivity index (χ3v) is 5.18. The van der Waals surface area contributed by atoms with E-state index in [1.54, 1.807) is 22.7 Å². The number of aromatic hydroxyl groups is 1. The number of phenols is 1. The first kappa shape index (κ1) is 21.2. The van der Waals surface area contributed by atoms with Gasteiger partial charge in [-0.05, 0) is 30.8 Å². The number of piperidine rings is 1. The molecule has 0 spiro atoms. The highest BCUT2D eigenvalue weighted by atomic mass is 19.4. The average molecular weight is 439 g/mol. The summed E-state index contributed by atoms with van der Waals surface area (Å²) in [6.45, 7) is 3.80. The Hall–Kier alpha value is -3.08. The fraction of sp³-hybridized carbons (Fsp3) is 0.400. The number of phenolic OH excluding ortho intramolecular Hbond substituents is 1. The Bertz CT molecular complexity index is 1070. The van der Waals surface area contributed by atoms with Gasteiger partial charge in [-0.25, -0.2) is 4.39 Å². The zero-order valence-corrected chi connectivity index (χ0v) is 16.6. The number of hydrogen-bond acceptors (Lipinski definition) is 6. The van der Waals surface area contributed by atoms with Gasteiger partial charge in [0.25, 0.3) is 0 Å². The summed E-state index contributed by atoms with van der Waals surface area (Å²) in [6, 6.07) is 6.60. The first-order valence-electron chi connectivity index (χ1n) is 9.79. The molecule has 1 aliphatic heterocycles. The van der Waals surface area contributed by atoms with Gasteiger partial charge in [0.05, 0.1) is 5.52 Å². The normalized spacial score (nSPS) is 20.2. The van der Waals surface area contributed by atoms with Gasteiger partial charge in [-0.3, -0.25) is 9.30 Å². The second-order valence-corrected chi connectivity index (χ2v) is 7.39. The summed E-state index contributed by atoms with van der Waals surface area (Å²) < 4.78 is 56.8. The summed E-state index contributed by atoms with van der Waals surface area (Å²) in [4.78, 5) is 2.02. The molecule has 0 bridgehead atoms. The molecule has 2 atom stereocenters. The summed E-state index contributed by atoms with van der Waals surface area (Å²) in [5, 5.41) is 21.9. The van der Waals surface area contributed by atoms with Gasteiger partial charge in [0, 0.05) is 43.4 Å². The van der Waals surface area contributed by atoms with Gasteiger partial charge in [0.2, 0.25) is 5.95 Å². The van der Waals surface area contributed by atoms with E-state index in [1.165, 1.54) is 6.07 Å². The van der Waals surface area contributed by atoms with Crippen LogP contribution in [0.1, 0.15) is 13.3 Å². The van der Waals surface area contributed by atoms with Gasteiger partial charge >= 0.3 is 6.36 Å². The monoisotopic (exact) mass is 439 g/mol. The molecule has 2 N–H and O–H groups in total. The Morgan fingerprint density at radius 2 is 2.03 bits per heavy atom. The van der Waals surface area contributed by atoms with Crippen molar-refractivity contribution < 1.29 is 27.4 Å². The van der Waals surface area contributed by atoms with Gasteiger partial charge < -0.3 is 15.2 Å². The molecule has 4 rings (SSSR count). The molecule has 11 heteroatoms. The number of ether oxygens (including phenoxy) is 1. The maximum Gasteiger partial charge on any atom is 0.573 e. The van der Waals surface area contributed by atoms with E-state index in [0.29, 0.717) is 31.0 Å². The van der Waals surface area contributed by atoms with Crippen LogP contribution in [0, 0.1) is 0 Å². The van der Waals surface area contributed by atoms with Crippen molar-refractivity contribution >= 4 is 11.5 Å². The minimum atomic E-state index is -4.86. The number of rotatable bonds is 5. The van der Waals surface area contributed by atoms with Crippen molar-refractivity contribution in [2.45, 2.75) is 31.9 Å². The second kappa shape index (κ2) is 8.22. The van der Waals surface area contributed by atoms with Crippen molar-refractivity contribution in [2.24, 2.45) is 0 Å². The van der Waals surface area contributed by atoms with E-state index in [-0.39, 0.29) is 17.3 Å². The number of hydrogen-bond donors (Lipinski definition) is 2. The van der Waals surface area contributed by atoms with Crippen molar-refractivity contribution in [3.63, 3.8) is 0 Å². The van der Waals surface area contributed by atoms with E-state index in [2.05, 4.69) is 20.3 Å². The zero-order chi connectivity index (χ0) is 22.2. The predicted molar refractivity (Wildman–Crippen MR) is 106 cm³/mol. The predicted octanol–water partition coefficient (Wildman–Crippen LogP) is 3.84. The second-order valence-electron chi connectivity index (χ2n) is 7.39. The fourth-order valence-corrected chi connectivity index (χ4v) is 3.82. The van der Waals surface area contributed by atoms with Crippen LogP contribution in [-0.2, 0) is 0 Å². The molecule has 31 heavy (non-hydrogen) atoms. The number of nitrogens with one attached hydrogen (secondary N) is 1. The number of aromatic nitrogens is 3. The molecule has 2 aromatic heterocycles. The highest BCUT2D eigenvalue weighted by Crippen LogP contribution is 2.35. The third kappa shape index (κ3) is 4.66. The van der Waals surface area contributed by atoms with Crippen molar-refractivity contribution in [1.29, 1.82) is 0 Å². The van der Waals surface area contributed by atoms with E-state index < -0.39 is 24.0 Å². The van der Waals surface area contributed by atoms with E-state index in [1.807, 2.05) is 11.8 Å². The van der Waals surface area contributed by atoms with Gasteiger partial charge in [-0.15, -0.1) is 23.4 Å². The van der Waals surface area contributed by atoms with E-state index in [4.69, 9.17) is 0 Å². The molecule has 1 aromatic carbocycles. The van der Waals surface area contributed by atoms with E-state index >= 15 is 0 Å². The third-order valence-electron chi connectivity index (χ3n) is 5.18.